The Labute approximate surface area is 152 Å². The number of aliphatic imine (C=N–C) groups is 1. The van der Waals surface area contributed by atoms with Crippen LogP contribution in [0.2, 0.25) is 0 Å². The van der Waals surface area contributed by atoms with E-state index >= 15 is 0 Å². The van der Waals surface area contributed by atoms with Gasteiger partial charge in [0.05, 0.1) is 26.9 Å². The Morgan fingerprint density at radius 1 is 1.31 bits per heavy atom. The number of hydrogen-bond donors (Lipinski definition) is 1. The van der Waals surface area contributed by atoms with Crippen molar-refractivity contribution in [2.75, 3.05) is 20.8 Å². The summed E-state index contributed by atoms with van der Waals surface area (Å²) in [7, 11) is 3.08. The van der Waals surface area contributed by atoms with E-state index in [1.807, 2.05) is 12.2 Å². The quantitative estimate of drug-likeness (QED) is 0.782. The summed E-state index contributed by atoms with van der Waals surface area (Å²) in [6.07, 6.45) is 6.19. The average Bonchev–Trinajstić information content (AvgIpc) is 3.06. The number of rotatable bonds is 6. The molecule has 0 saturated carbocycles. The van der Waals surface area contributed by atoms with E-state index in [1.54, 1.807) is 49.4 Å². The summed E-state index contributed by atoms with van der Waals surface area (Å²) < 4.78 is 15.8. The number of carbonyl (C=O) groups excluding carboxylic acids is 1. The lowest BCUT2D eigenvalue weighted by molar-refractivity contribution is -0.146. The van der Waals surface area contributed by atoms with Crippen molar-refractivity contribution >= 4 is 11.8 Å². The monoisotopic (exact) mass is 358 g/mol. The molecule has 2 aliphatic rings. The van der Waals surface area contributed by atoms with Crippen LogP contribution in [-0.2, 0) is 9.53 Å². The maximum atomic E-state index is 12.4. The Balaban J connectivity index is 2.00. The molecule has 1 aromatic carbocycles. The lowest BCUT2D eigenvalue weighted by Crippen LogP contribution is -2.44. The minimum atomic E-state index is -1.05. The molecule has 0 spiro atoms. The third-order valence-corrected chi connectivity index (χ3v) is 4.39. The molecule has 0 aliphatic carbocycles. The summed E-state index contributed by atoms with van der Waals surface area (Å²) in [6.45, 7) is 1.99. The minimum Gasteiger partial charge on any atom is -0.497 e. The SMILES string of the molecule is CCOC(=O)C1N=C2C=CC=CN2C1C(O)c1cc(OC)ccc1OC. The number of hydrogen-bond acceptors (Lipinski definition) is 7. The summed E-state index contributed by atoms with van der Waals surface area (Å²) in [4.78, 5) is 18.7. The van der Waals surface area contributed by atoms with Crippen LogP contribution in [0.5, 0.6) is 11.5 Å². The number of nitrogens with zero attached hydrogens (tertiary/aromatic N) is 2. The van der Waals surface area contributed by atoms with Crippen LogP contribution >= 0.6 is 0 Å². The van der Waals surface area contributed by atoms with Gasteiger partial charge >= 0.3 is 5.97 Å². The molecule has 0 radical (unpaired) electrons. The molecule has 1 aromatic rings. The van der Waals surface area contributed by atoms with Gasteiger partial charge < -0.3 is 24.2 Å². The van der Waals surface area contributed by atoms with E-state index < -0.39 is 24.2 Å². The van der Waals surface area contributed by atoms with Crippen LogP contribution in [-0.4, -0.2) is 54.7 Å². The molecule has 26 heavy (non-hydrogen) atoms. The molecule has 3 unspecified atom stereocenters. The van der Waals surface area contributed by atoms with E-state index in [-0.39, 0.29) is 6.61 Å². The van der Waals surface area contributed by atoms with Gasteiger partial charge in [-0.3, -0.25) is 4.99 Å². The fourth-order valence-corrected chi connectivity index (χ4v) is 3.18. The van der Waals surface area contributed by atoms with Crippen molar-refractivity contribution < 1.29 is 24.1 Å². The van der Waals surface area contributed by atoms with Gasteiger partial charge in [-0.1, -0.05) is 6.08 Å². The summed E-state index contributed by atoms with van der Waals surface area (Å²) in [5, 5.41) is 11.2. The van der Waals surface area contributed by atoms with Gasteiger partial charge in [0, 0.05) is 11.8 Å². The zero-order chi connectivity index (χ0) is 18.7. The standard InChI is InChI=1S/C19H22N2O5/c1-4-26-19(23)16-17(21-10-6-5-7-15(21)20-16)18(22)13-11-12(24-2)8-9-14(13)25-3/h5-11,16-18,22H,4H2,1-3H3. The number of amidine groups is 1. The number of benzene rings is 1. The summed E-state index contributed by atoms with van der Waals surface area (Å²) >= 11 is 0. The van der Waals surface area contributed by atoms with E-state index in [4.69, 9.17) is 14.2 Å². The fraction of sp³-hybridized carbons (Fsp3) is 0.368. The van der Waals surface area contributed by atoms with Crippen LogP contribution in [0.3, 0.4) is 0 Å². The highest BCUT2D eigenvalue weighted by atomic mass is 16.5. The first-order valence-corrected chi connectivity index (χ1v) is 8.38. The molecular formula is C19H22N2O5. The van der Waals surface area contributed by atoms with Gasteiger partial charge in [-0.05, 0) is 37.3 Å². The number of fused-ring (bicyclic) bond motifs is 1. The molecule has 3 rings (SSSR count). The Morgan fingerprint density at radius 2 is 2.12 bits per heavy atom. The summed E-state index contributed by atoms with van der Waals surface area (Å²) in [6, 6.07) is 3.68. The molecule has 138 valence electrons. The second-order valence-electron chi connectivity index (χ2n) is 5.84. The van der Waals surface area contributed by atoms with Crippen LogP contribution in [0.4, 0.5) is 0 Å². The molecular weight excluding hydrogens is 336 g/mol. The van der Waals surface area contributed by atoms with Gasteiger partial charge in [0.15, 0.2) is 6.04 Å². The predicted molar refractivity (Wildman–Crippen MR) is 96.3 cm³/mol. The van der Waals surface area contributed by atoms with Gasteiger partial charge in [-0.25, -0.2) is 4.79 Å². The number of carbonyl (C=O) groups is 1. The van der Waals surface area contributed by atoms with Crippen molar-refractivity contribution in [3.63, 3.8) is 0 Å². The fourth-order valence-electron chi connectivity index (χ4n) is 3.18. The number of allylic oxidation sites excluding steroid dienone is 2. The van der Waals surface area contributed by atoms with Gasteiger partial charge in [0.25, 0.3) is 0 Å². The van der Waals surface area contributed by atoms with Gasteiger partial charge in [-0.15, -0.1) is 0 Å². The summed E-state index contributed by atoms with van der Waals surface area (Å²) in [5.74, 6) is 1.23. The van der Waals surface area contributed by atoms with E-state index in [2.05, 4.69) is 4.99 Å². The Morgan fingerprint density at radius 3 is 2.81 bits per heavy atom. The van der Waals surface area contributed by atoms with Crippen LogP contribution < -0.4 is 9.47 Å². The highest BCUT2D eigenvalue weighted by molar-refractivity contribution is 5.99. The molecule has 7 heteroatoms. The highest BCUT2D eigenvalue weighted by Crippen LogP contribution is 2.37. The smallest absolute Gasteiger partial charge is 0.333 e. The Kier molecular flexibility index (Phi) is 5.27. The van der Waals surface area contributed by atoms with E-state index in [1.165, 1.54) is 7.11 Å². The zero-order valence-electron chi connectivity index (χ0n) is 15.0. The molecule has 0 amide bonds. The summed E-state index contributed by atoms with van der Waals surface area (Å²) in [5.41, 5.74) is 0.519. The van der Waals surface area contributed by atoms with Crippen molar-refractivity contribution in [2.45, 2.75) is 25.1 Å². The molecule has 2 aliphatic heterocycles. The number of ether oxygens (including phenoxy) is 3. The van der Waals surface area contributed by atoms with Crippen molar-refractivity contribution in [3.8, 4) is 11.5 Å². The molecule has 1 N–H and O–H groups in total. The first kappa shape index (κ1) is 18.0. The molecule has 3 atom stereocenters. The predicted octanol–water partition coefficient (Wildman–Crippen LogP) is 1.84. The number of aliphatic hydroxyl groups is 1. The molecule has 0 bridgehead atoms. The van der Waals surface area contributed by atoms with Crippen molar-refractivity contribution in [3.05, 3.63) is 48.2 Å². The Hall–Kier alpha value is -2.80. The minimum absolute atomic E-state index is 0.247. The molecule has 0 aromatic heterocycles. The maximum Gasteiger partial charge on any atom is 0.333 e. The van der Waals surface area contributed by atoms with Crippen LogP contribution in [0.25, 0.3) is 0 Å². The van der Waals surface area contributed by atoms with E-state index in [9.17, 15) is 9.90 Å². The van der Waals surface area contributed by atoms with Crippen LogP contribution in [0.15, 0.2) is 47.6 Å². The molecule has 0 saturated heterocycles. The second kappa shape index (κ2) is 7.61. The molecule has 2 heterocycles. The lowest BCUT2D eigenvalue weighted by Gasteiger charge is -2.31. The first-order chi connectivity index (χ1) is 12.6. The number of methoxy groups -OCH3 is 2. The lowest BCUT2D eigenvalue weighted by atomic mass is 9.95. The van der Waals surface area contributed by atoms with Crippen molar-refractivity contribution in [1.29, 1.82) is 0 Å². The van der Waals surface area contributed by atoms with E-state index in [0.717, 1.165) is 0 Å². The second-order valence-corrected chi connectivity index (χ2v) is 5.84. The van der Waals surface area contributed by atoms with Crippen LogP contribution in [0, 0.1) is 0 Å². The van der Waals surface area contributed by atoms with Crippen molar-refractivity contribution in [1.82, 2.24) is 4.90 Å². The first-order valence-electron chi connectivity index (χ1n) is 8.38. The molecule has 7 nitrogen and oxygen atoms in total. The van der Waals surface area contributed by atoms with Crippen LogP contribution in [0.1, 0.15) is 18.6 Å². The largest absolute Gasteiger partial charge is 0.497 e. The maximum absolute atomic E-state index is 12.4. The number of aliphatic hydroxyl groups excluding tert-OH is 1. The average molecular weight is 358 g/mol. The van der Waals surface area contributed by atoms with Crippen molar-refractivity contribution in [2.24, 2.45) is 4.99 Å². The van der Waals surface area contributed by atoms with Gasteiger partial charge in [0.1, 0.15) is 23.4 Å². The Bertz CT molecular complexity index is 771. The van der Waals surface area contributed by atoms with E-state index in [0.29, 0.717) is 22.9 Å². The topological polar surface area (TPSA) is 80.6 Å². The molecule has 0 fully saturated rings. The van der Waals surface area contributed by atoms with Gasteiger partial charge in [0.2, 0.25) is 0 Å². The third kappa shape index (κ3) is 3.17. The van der Waals surface area contributed by atoms with Gasteiger partial charge in [-0.2, -0.15) is 0 Å². The highest BCUT2D eigenvalue weighted by Gasteiger charge is 2.45. The third-order valence-electron chi connectivity index (χ3n) is 4.39. The zero-order valence-corrected chi connectivity index (χ0v) is 15.0. The normalized spacial score (nSPS) is 21.8. The number of esters is 1.